The van der Waals surface area contributed by atoms with E-state index in [2.05, 4.69) is 16.4 Å². The molecule has 7 heteroatoms. The number of hydrogen-bond acceptors (Lipinski definition) is 5. The summed E-state index contributed by atoms with van der Waals surface area (Å²) in [5.41, 5.74) is 2.50. The zero-order chi connectivity index (χ0) is 22.2. The van der Waals surface area contributed by atoms with Gasteiger partial charge in [-0.25, -0.2) is 4.98 Å². The number of thioether (sulfide) groups is 1. The van der Waals surface area contributed by atoms with E-state index in [1.165, 1.54) is 11.8 Å². The van der Waals surface area contributed by atoms with Gasteiger partial charge in [-0.2, -0.15) is 5.26 Å². The number of carbonyl (C=O) groups is 1. The summed E-state index contributed by atoms with van der Waals surface area (Å²) >= 11 is 1.20. The third kappa shape index (κ3) is 4.21. The van der Waals surface area contributed by atoms with Crippen molar-refractivity contribution in [2.45, 2.75) is 44.3 Å². The molecule has 1 N–H and O–H groups in total. The van der Waals surface area contributed by atoms with Crippen molar-refractivity contribution in [1.29, 1.82) is 5.26 Å². The van der Waals surface area contributed by atoms with Crippen LogP contribution in [0.4, 0.5) is 0 Å². The second-order valence-corrected chi connectivity index (χ2v) is 9.19. The van der Waals surface area contributed by atoms with Crippen molar-refractivity contribution in [1.82, 2.24) is 14.9 Å². The second-order valence-electron chi connectivity index (χ2n) is 8.25. The Morgan fingerprint density at radius 2 is 2.00 bits per heavy atom. The molecule has 158 valence electrons. The summed E-state index contributed by atoms with van der Waals surface area (Å²) < 4.78 is 1.57. The molecule has 0 aliphatic heterocycles. The van der Waals surface area contributed by atoms with Gasteiger partial charge in [0.15, 0.2) is 5.16 Å². The number of nitrogens with one attached hydrogen (secondary N) is 1. The van der Waals surface area contributed by atoms with Crippen LogP contribution in [0.15, 0.2) is 52.4 Å². The number of hydrogen-bond donors (Lipinski definition) is 1. The van der Waals surface area contributed by atoms with Crippen molar-refractivity contribution in [3.8, 4) is 11.8 Å². The Morgan fingerprint density at radius 1 is 1.26 bits per heavy atom. The van der Waals surface area contributed by atoms with Gasteiger partial charge >= 0.3 is 0 Å². The minimum absolute atomic E-state index is 0.0691. The first kappa shape index (κ1) is 21.1. The summed E-state index contributed by atoms with van der Waals surface area (Å²) in [4.78, 5) is 30.6. The first-order valence-electron chi connectivity index (χ1n) is 10.3. The average molecular weight is 433 g/mol. The molecule has 1 aromatic heterocycles. The maximum Gasteiger partial charge on any atom is 0.266 e. The molecule has 1 amide bonds. The molecular weight excluding hydrogens is 408 g/mol. The summed E-state index contributed by atoms with van der Waals surface area (Å²) in [7, 11) is 0. The summed E-state index contributed by atoms with van der Waals surface area (Å²) in [5.74, 6) is 0.0357. The number of aromatic nitrogens is 2. The highest BCUT2D eigenvalue weighted by atomic mass is 32.2. The molecule has 1 heterocycles. The molecule has 0 radical (unpaired) electrons. The van der Waals surface area contributed by atoms with E-state index < -0.39 is 5.54 Å². The van der Waals surface area contributed by atoms with Crippen molar-refractivity contribution < 1.29 is 4.79 Å². The predicted molar refractivity (Wildman–Crippen MR) is 122 cm³/mol. The van der Waals surface area contributed by atoms with Crippen LogP contribution in [0.3, 0.4) is 0 Å². The lowest BCUT2D eigenvalue weighted by molar-refractivity contribution is -0.119. The number of aryl methyl sites for hydroxylation is 2. The first-order chi connectivity index (χ1) is 14.8. The van der Waals surface area contributed by atoms with Crippen molar-refractivity contribution in [2.24, 2.45) is 5.92 Å². The third-order valence-electron chi connectivity index (χ3n) is 5.85. The van der Waals surface area contributed by atoms with Crippen LogP contribution in [0, 0.1) is 31.1 Å². The highest BCUT2D eigenvalue weighted by molar-refractivity contribution is 7.99. The minimum atomic E-state index is -0.845. The Morgan fingerprint density at radius 3 is 2.68 bits per heavy atom. The molecule has 1 atom stereocenters. The molecule has 3 aromatic rings. The van der Waals surface area contributed by atoms with Gasteiger partial charge in [-0.15, -0.1) is 0 Å². The molecule has 0 bridgehead atoms. The smallest absolute Gasteiger partial charge is 0.266 e. The standard InChI is InChI=1S/C24H24N4O2S/c1-15-8-11-18(12-16(15)2)28-22(30)19-6-4-5-7-20(19)26-23(28)31-13-21(29)27-24(3,14-25)17-9-10-17/h4-8,11-12,17H,9-10,13H2,1-3H3,(H,27,29). The highest BCUT2D eigenvalue weighted by Crippen LogP contribution is 2.39. The quantitative estimate of drug-likeness (QED) is 0.471. The number of nitriles is 1. The van der Waals surface area contributed by atoms with Crippen molar-refractivity contribution >= 4 is 28.6 Å². The maximum absolute atomic E-state index is 13.3. The zero-order valence-electron chi connectivity index (χ0n) is 17.8. The van der Waals surface area contributed by atoms with Gasteiger partial charge in [0.1, 0.15) is 5.54 Å². The molecule has 2 aromatic carbocycles. The van der Waals surface area contributed by atoms with E-state index in [4.69, 9.17) is 0 Å². The maximum atomic E-state index is 13.3. The van der Waals surface area contributed by atoms with E-state index in [0.29, 0.717) is 21.7 Å². The Hall–Kier alpha value is -3.11. The molecule has 1 unspecified atom stereocenters. The van der Waals surface area contributed by atoms with Crippen LogP contribution in [0.25, 0.3) is 16.6 Å². The Labute approximate surface area is 185 Å². The van der Waals surface area contributed by atoms with Crippen LogP contribution >= 0.6 is 11.8 Å². The van der Waals surface area contributed by atoms with Crippen LogP contribution in [-0.2, 0) is 4.79 Å². The first-order valence-corrected chi connectivity index (χ1v) is 11.3. The van der Waals surface area contributed by atoms with Gasteiger partial charge in [-0.05, 0) is 74.9 Å². The SMILES string of the molecule is Cc1ccc(-n2c(SCC(=O)NC(C)(C#N)C3CC3)nc3ccccc3c2=O)cc1C. The highest BCUT2D eigenvalue weighted by Gasteiger charge is 2.43. The molecule has 0 saturated heterocycles. The molecule has 31 heavy (non-hydrogen) atoms. The van der Waals surface area contributed by atoms with E-state index in [1.54, 1.807) is 23.6 Å². The van der Waals surface area contributed by atoms with Crippen LogP contribution < -0.4 is 10.9 Å². The van der Waals surface area contributed by atoms with E-state index >= 15 is 0 Å². The largest absolute Gasteiger partial charge is 0.337 e. The van der Waals surface area contributed by atoms with Gasteiger partial charge in [-0.3, -0.25) is 14.2 Å². The number of amides is 1. The number of para-hydroxylation sites is 1. The van der Waals surface area contributed by atoms with Crippen LogP contribution in [0.2, 0.25) is 0 Å². The Kier molecular flexibility index (Phi) is 5.59. The van der Waals surface area contributed by atoms with Crippen molar-refractivity contribution in [3.05, 3.63) is 63.9 Å². The zero-order valence-corrected chi connectivity index (χ0v) is 18.6. The topological polar surface area (TPSA) is 87.8 Å². The number of nitrogens with zero attached hydrogens (tertiary/aromatic N) is 3. The van der Waals surface area contributed by atoms with Gasteiger partial charge in [0, 0.05) is 0 Å². The van der Waals surface area contributed by atoms with Gasteiger partial charge in [0.05, 0.1) is 28.4 Å². The Balaban J connectivity index is 1.69. The molecule has 0 spiro atoms. The lowest BCUT2D eigenvalue weighted by Gasteiger charge is -2.22. The van der Waals surface area contributed by atoms with Gasteiger partial charge in [0.25, 0.3) is 5.56 Å². The molecule has 6 nitrogen and oxygen atoms in total. The van der Waals surface area contributed by atoms with Crippen LogP contribution in [0.1, 0.15) is 30.9 Å². The molecule has 4 rings (SSSR count). The minimum Gasteiger partial charge on any atom is -0.337 e. The number of rotatable bonds is 6. The fraction of sp³-hybridized carbons (Fsp3) is 0.333. The van der Waals surface area contributed by atoms with Crippen molar-refractivity contribution in [2.75, 3.05) is 5.75 Å². The van der Waals surface area contributed by atoms with Crippen LogP contribution in [0.5, 0.6) is 0 Å². The number of fused-ring (bicyclic) bond motifs is 1. The van der Waals surface area contributed by atoms with Gasteiger partial charge < -0.3 is 5.32 Å². The third-order valence-corrected chi connectivity index (χ3v) is 6.79. The van der Waals surface area contributed by atoms with E-state index in [-0.39, 0.29) is 23.1 Å². The van der Waals surface area contributed by atoms with Gasteiger partial charge in [-0.1, -0.05) is 30.0 Å². The van der Waals surface area contributed by atoms with E-state index in [9.17, 15) is 14.9 Å². The van der Waals surface area contributed by atoms with E-state index in [0.717, 1.165) is 24.0 Å². The number of carbonyl (C=O) groups excluding carboxylic acids is 1. The predicted octanol–water partition coefficient (Wildman–Crippen LogP) is 3.90. The normalized spacial score (nSPS) is 15.3. The fourth-order valence-electron chi connectivity index (χ4n) is 3.64. The monoisotopic (exact) mass is 432 g/mol. The van der Waals surface area contributed by atoms with Gasteiger partial charge in [0.2, 0.25) is 5.91 Å². The van der Waals surface area contributed by atoms with Crippen LogP contribution in [-0.4, -0.2) is 26.8 Å². The summed E-state index contributed by atoms with van der Waals surface area (Å²) in [6.45, 7) is 5.79. The van der Waals surface area contributed by atoms with E-state index in [1.807, 2.05) is 44.2 Å². The summed E-state index contributed by atoms with van der Waals surface area (Å²) in [6.07, 6.45) is 1.91. The Bertz CT molecular complexity index is 1270. The fourth-order valence-corrected chi connectivity index (χ4v) is 4.45. The number of benzene rings is 2. The second kappa shape index (κ2) is 8.20. The summed E-state index contributed by atoms with van der Waals surface area (Å²) in [6, 6.07) is 15.3. The van der Waals surface area contributed by atoms with Crippen molar-refractivity contribution in [3.63, 3.8) is 0 Å². The molecule has 1 aliphatic carbocycles. The average Bonchev–Trinajstić information content (AvgIpc) is 3.60. The molecule has 1 saturated carbocycles. The molecule has 1 aliphatic rings. The lowest BCUT2D eigenvalue weighted by atomic mass is 9.98. The summed E-state index contributed by atoms with van der Waals surface area (Å²) in [5, 5.41) is 13.3. The molecule has 1 fully saturated rings. The lowest BCUT2D eigenvalue weighted by Crippen LogP contribution is -2.47. The molecular formula is C24H24N4O2S.